The lowest BCUT2D eigenvalue weighted by molar-refractivity contribution is 0.942. The Bertz CT molecular complexity index is 280. The third kappa shape index (κ3) is 2.74. The van der Waals surface area contributed by atoms with E-state index < -0.39 is 0 Å². The number of alkyl halides is 1. The summed E-state index contributed by atoms with van der Waals surface area (Å²) >= 11 is 7.26. The van der Waals surface area contributed by atoms with Crippen LogP contribution in [0.3, 0.4) is 0 Å². The Kier molecular flexibility index (Phi) is 4.32. The second-order valence-corrected chi connectivity index (χ2v) is 3.44. The second kappa shape index (κ2) is 5.29. The predicted molar refractivity (Wildman–Crippen MR) is 57.5 cm³/mol. The first-order valence-corrected chi connectivity index (χ1v) is 5.77. The van der Waals surface area contributed by atoms with Crippen LogP contribution in [0.15, 0.2) is 11.4 Å². The first-order chi connectivity index (χ1) is 6.31. The number of nitrogens with zero attached hydrogens (tertiary/aromatic N) is 2. The minimum absolute atomic E-state index is 0.441. The number of halogens is 1. The van der Waals surface area contributed by atoms with Gasteiger partial charge in [-0.05, 0) is 13.2 Å². The van der Waals surface area contributed by atoms with Crippen molar-refractivity contribution < 1.29 is 0 Å². The summed E-state index contributed by atoms with van der Waals surface area (Å²) in [5.74, 6) is 1.29. The largest absolute Gasteiger partial charge is 0.370 e. The molecular weight excluding hydrogens is 206 g/mol. The van der Waals surface area contributed by atoms with Crippen LogP contribution in [0.2, 0.25) is 0 Å². The van der Waals surface area contributed by atoms with Crippen LogP contribution in [0.25, 0.3) is 0 Å². The Morgan fingerprint density at radius 2 is 2.38 bits per heavy atom. The maximum atomic E-state index is 5.74. The van der Waals surface area contributed by atoms with Gasteiger partial charge in [0.25, 0.3) is 0 Å². The fourth-order valence-corrected chi connectivity index (χ4v) is 1.44. The van der Waals surface area contributed by atoms with Crippen molar-refractivity contribution in [3.05, 3.63) is 11.8 Å². The van der Waals surface area contributed by atoms with Crippen LogP contribution in [-0.4, -0.2) is 22.8 Å². The molecule has 1 aromatic heterocycles. The molecule has 0 spiro atoms. The van der Waals surface area contributed by atoms with Crippen LogP contribution in [0, 0.1) is 0 Å². The maximum Gasteiger partial charge on any atom is 0.189 e. The minimum atomic E-state index is 0.441. The molecule has 0 unspecified atom stereocenters. The molecule has 1 rings (SSSR count). The monoisotopic (exact) mass is 217 g/mol. The molecule has 5 heteroatoms. The Morgan fingerprint density at radius 3 is 2.92 bits per heavy atom. The lowest BCUT2D eigenvalue weighted by Gasteiger charge is -2.07. The van der Waals surface area contributed by atoms with Gasteiger partial charge in [-0.25, -0.2) is 9.97 Å². The number of thioether (sulfide) groups is 1. The molecule has 1 heterocycles. The van der Waals surface area contributed by atoms with Gasteiger partial charge in [-0.3, -0.25) is 0 Å². The van der Waals surface area contributed by atoms with Crippen molar-refractivity contribution in [2.24, 2.45) is 0 Å². The highest BCUT2D eigenvalue weighted by Crippen LogP contribution is 2.17. The summed E-state index contributed by atoms with van der Waals surface area (Å²) in [5, 5.41) is 3.92. The summed E-state index contributed by atoms with van der Waals surface area (Å²) in [6, 6.07) is 0. The van der Waals surface area contributed by atoms with E-state index in [9.17, 15) is 0 Å². The van der Waals surface area contributed by atoms with Crippen molar-refractivity contribution in [3.8, 4) is 0 Å². The van der Waals surface area contributed by atoms with Gasteiger partial charge in [0.1, 0.15) is 5.82 Å². The summed E-state index contributed by atoms with van der Waals surface area (Å²) < 4.78 is 0. The first-order valence-electron chi connectivity index (χ1n) is 4.01. The van der Waals surface area contributed by atoms with E-state index in [4.69, 9.17) is 11.6 Å². The molecule has 0 saturated heterocycles. The molecule has 13 heavy (non-hydrogen) atoms. The van der Waals surface area contributed by atoms with E-state index in [2.05, 4.69) is 15.3 Å². The average molecular weight is 218 g/mol. The lowest BCUT2D eigenvalue weighted by Crippen LogP contribution is -2.04. The second-order valence-electron chi connectivity index (χ2n) is 2.39. The molecule has 72 valence electrons. The van der Waals surface area contributed by atoms with Crippen LogP contribution in [-0.2, 0) is 5.88 Å². The number of anilines is 1. The van der Waals surface area contributed by atoms with Gasteiger partial charge in [-0.1, -0.05) is 11.8 Å². The fraction of sp³-hybridized carbons (Fsp3) is 0.500. The standard InChI is InChI=1S/C8H12ClN3S/c1-3-10-7-6(4-9)5-11-8(12-7)13-2/h5H,3-4H2,1-2H3,(H,10,11,12). The van der Waals surface area contributed by atoms with Crippen molar-refractivity contribution in [1.82, 2.24) is 9.97 Å². The minimum Gasteiger partial charge on any atom is -0.370 e. The summed E-state index contributed by atoms with van der Waals surface area (Å²) in [6.07, 6.45) is 3.72. The van der Waals surface area contributed by atoms with Gasteiger partial charge in [-0.15, -0.1) is 11.6 Å². The van der Waals surface area contributed by atoms with Gasteiger partial charge in [0.15, 0.2) is 5.16 Å². The topological polar surface area (TPSA) is 37.8 Å². The van der Waals surface area contributed by atoms with Crippen molar-refractivity contribution in [1.29, 1.82) is 0 Å². The van der Waals surface area contributed by atoms with E-state index in [0.29, 0.717) is 5.88 Å². The zero-order valence-corrected chi connectivity index (χ0v) is 9.24. The zero-order chi connectivity index (χ0) is 9.68. The molecule has 0 radical (unpaired) electrons. The van der Waals surface area contributed by atoms with Gasteiger partial charge in [0, 0.05) is 18.3 Å². The third-order valence-corrected chi connectivity index (χ3v) is 2.36. The Morgan fingerprint density at radius 1 is 1.62 bits per heavy atom. The van der Waals surface area contributed by atoms with E-state index in [1.165, 1.54) is 11.8 Å². The van der Waals surface area contributed by atoms with Crippen molar-refractivity contribution >= 4 is 29.2 Å². The number of hydrogen-bond donors (Lipinski definition) is 1. The summed E-state index contributed by atoms with van der Waals surface area (Å²) in [4.78, 5) is 8.45. The van der Waals surface area contributed by atoms with Crippen LogP contribution in [0.5, 0.6) is 0 Å². The van der Waals surface area contributed by atoms with Gasteiger partial charge < -0.3 is 5.32 Å². The maximum absolute atomic E-state index is 5.74. The summed E-state index contributed by atoms with van der Waals surface area (Å²) in [5.41, 5.74) is 0.946. The van der Waals surface area contributed by atoms with Crippen molar-refractivity contribution in [2.75, 3.05) is 18.1 Å². The molecule has 0 amide bonds. The predicted octanol–water partition coefficient (Wildman–Crippen LogP) is 2.37. The average Bonchev–Trinajstić information content (AvgIpc) is 2.18. The smallest absolute Gasteiger partial charge is 0.189 e. The molecule has 3 nitrogen and oxygen atoms in total. The highest BCUT2D eigenvalue weighted by Gasteiger charge is 2.04. The summed E-state index contributed by atoms with van der Waals surface area (Å²) in [6.45, 7) is 2.87. The fourth-order valence-electron chi connectivity index (χ4n) is 0.907. The molecule has 1 aromatic rings. The Hall–Kier alpha value is -0.480. The van der Waals surface area contributed by atoms with Gasteiger partial charge in [-0.2, -0.15) is 0 Å². The molecule has 0 aliphatic heterocycles. The molecule has 0 bridgehead atoms. The van der Waals surface area contributed by atoms with Gasteiger partial charge in [0.2, 0.25) is 0 Å². The van der Waals surface area contributed by atoms with E-state index in [1.54, 1.807) is 6.20 Å². The quantitative estimate of drug-likeness (QED) is 0.478. The summed E-state index contributed by atoms with van der Waals surface area (Å²) in [7, 11) is 0. The number of nitrogens with one attached hydrogen (secondary N) is 1. The molecular formula is C8H12ClN3S. The molecule has 0 aromatic carbocycles. The lowest BCUT2D eigenvalue weighted by atomic mass is 10.3. The zero-order valence-electron chi connectivity index (χ0n) is 7.67. The van der Waals surface area contributed by atoms with Crippen molar-refractivity contribution in [2.45, 2.75) is 18.0 Å². The molecule has 0 aliphatic carbocycles. The SMILES string of the molecule is CCNc1nc(SC)ncc1CCl. The number of hydrogen-bond acceptors (Lipinski definition) is 4. The van der Waals surface area contributed by atoms with Crippen LogP contribution in [0.4, 0.5) is 5.82 Å². The highest BCUT2D eigenvalue weighted by atomic mass is 35.5. The first kappa shape index (κ1) is 10.6. The van der Waals surface area contributed by atoms with E-state index in [-0.39, 0.29) is 0 Å². The third-order valence-electron chi connectivity index (χ3n) is 1.51. The number of aromatic nitrogens is 2. The number of rotatable bonds is 4. The molecule has 0 aliphatic rings. The molecule has 1 N–H and O–H groups in total. The van der Waals surface area contributed by atoms with Crippen LogP contribution in [0.1, 0.15) is 12.5 Å². The van der Waals surface area contributed by atoms with E-state index in [0.717, 1.165) is 23.1 Å². The van der Waals surface area contributed by atoms with Crippen LogP contribution < -0.4 is 5.32 Å². The molecule has 0 fully saturated rings. The Labute approximate surface area is 87.3 Å². The van der Waals surface area contributed by atoms with Gasteiger partial charge in [0.05, 0.1) is 5.88 Å². The highest BCUT2D eigenvalue weighted by molar-refractivity contribution is 7.98. The van der Waals surface area contributed by atoms with Crippen LogP contribution >= 0.6 is 23.4 Å². The Balaban J connectivity index is 2.95. The molecule has 0 atom stereocenters. The van der Waals surface area contributed by atoms with Gasteiger partial charge >= 0.3 is 0 Å². The van der Waals surface area contributed by atoms with E-state index in [1.807, 2.05) is 13.2 Å². The normalized spacial score (nSPS) is 10.1. The molecule has 0 saturated carbocycles. The van der Waals surface area contributed by atoms with Crippen molar-refractivity contribution in [3.63, 3.8) is 0 Å². The van der Waals surface area contributed by atoms with E-state index >= 15 is 0 Å².